The third kappa shape index (κ3) is 3.82. The van der Waals surface area contributed by atoms with Gasteiger partial charge in [-0.3, -0.25) is 9.59 Å². The van der Waals surface area contributed by atoms with Crippen molar-refractivity contribution < 1.29 is 18.4 Å². The predicted molar refractivity (Wildman–Crippen MR) is 96.0 cm³/mol. The molecule has 1 aliphatic rings. The summed E-state index contributed by atoms with van der Waals surface area (Å²) in [5.41, 5.74) is 12.9. The maximum absolute atomic E-state index is 13.5. The van der Waals surface area contributed by atoms with E-state index in [-0.39, 0.29) is 34.3 Å². The Kier molecular flexibility index (Phi) is 5.22. The molecule has 2 amide bonds. The number of benzene rings is 1. The van der Waals surface area contributed by atoms with Crippen molar-refractivity contribution in [2.45, 2.75) is 38.8 Å². The summed E-state index contributed by atoms with van der Waals surface area (Å²) >= 11 is 0. The highest BCUT2D eigenvalue weighted by Crippen LogP contribution is 2.35. The number of halogens is 2. The molecule has 7 nitrogen and oxygen atoms in total. The molecule has 2 bridgehead atoms. The fourth-order valence-corrected chi connectivity index (χ4v) is 3.23. The van der Waals surface area contributed by atoms with Gasteiger partial charge in [0.05, 0.1) is 17.6 Å². The van der Waals surface area contributed by atoms with Crippen LogP contribution in [0.1, 0.15) is 54.7 Å². The summed E-state index contributed by atoms with van der Waals surface area (Å²) in [6, 6.07) is 4.20. The van der Waals surface area contributed by atoms with Gasteiger partial charge in [-0.2, -0.15) is 13.9 Å². The van der Waals surface area contributed by atoms with Crippen LogP contribution in [0, 0.1) is 5.92 Å². The van der Waals surface area contributed by atoms with Gasteiger partial charge in [-0.15, -0.1) is 0 Å². The van der Waals surface area contributed by atoms with E-state index in [9.17, 15) is 18.4 Å². The zero-order valence-electron chi connectivity index (χ0n) is 14.8. The highest BCUT2D eigenvalue weighted by Gasteiger charge is 2.24. The quantitative estimate of drug-likeness (QED) is 0.746. The van der Waals surface area contributed by atoms with Crippen molar-refractivity contribution in [2.75, 3.05) is 5.32 Å². The number of carbonyl (C=O) groups is 2. The third-order valence-corrected chi connectivity index (χ3v) is 4.78. The number of anilines is 1. The molecular formula is C18H21F2N5O2. The predicted octanol–water partition coefficient (Wildman–Crippen LogP) is 2.80. The van der Waals surface area contributed by atoms with Crippen LogP contribution in [-0.2, 0) is 4.79 Å². The maximum atomic E-state index is 13.5. The van der Waals surface area contributed by atoms with Gasteiger partial charge in [0.15, 0.2) is 0 Å². The molecule has 2 aromatic rings. The number of amides is 2. The molecule has 1 aromatic heterocycles. The van der Waals surface area contributed by atoms with E-state index < -0.39 is 18.5 Å². The standard InChI is InChI=1S/C18H21F2N5O2/c1-9-3-2-4-13(21)10-5-11(7-12(6-10)16(22)26)15-14(24-17(9)27)8-23-25(15)18(19)20/h5-9,13,18H,2-4,21H2,1H3,(H2,22,26)(H,24,27). The van der Waals surface area contributed by atoms with Crippen molar-refractivity contribution in [2.24, 2.45) is 17.4 Å². The van der Waals surface area contributed by atoms with Crippen LogP contribution in [0.3, 0.4) is 0 Å². The number of hydrogen-bond acceptors (Lipinski definition) is 4. The summed E-state index contributed by atoms with van der Waals surface area (Å²) in [4.78, 5) is 24.1. The smallest absolute Gasteiger partial charge is 0.333 e. The fraction of sp³-hybridized carbons (Fsp3) is 0.389. The number of rotatable bonds is 2. The number of nitrogens with one attached hydrogen (secondary N) is 1. The van der Waals surface area contributed by atoms with Crippen molar-refractivity contribution in [3.8, 4) is 11.3 Å². The molecule has 144 valence electrons. The number of aromatic nitrogens is 2. The lowest BCUT2D eigenvalue weighted by Gasteiger charge is -2.19. The van der Waals surface area contributed by atoms with Crippen molar-refractivity contribution in [1.29, 1.82) is 0 Å². The molecule has 0 fully saturated rings. The molecule has 9 heteroatoms. The van der Waals surface area contributed by atoms with Gasteiger partial charge in [0.25, 0.3) is 0 Å². The molecule has 0 radical (unpaired) electrons. The van der Waals surface area contributed by atoms with Gasteiger partial charge >= 0.3 is 6.55 Å². The lowest BCUT2D eigenvalue weighted by atomic mass is 9.93. The molecule has 27 heavy (non-hydrogen) atoms. The second-order valence-electron chi connectivity index (χ2n) is 6.76. The summed E-state index contributed by atoms with van der Waals surface area (Å²) in [7, 11) is 0. The average molecular weight is 377 g/mol. The minimum Gasteiger partial charge on any atom is -0.366 e. The molecule has 2 heterocycles. The molecule has 0 spiro atoms. The van der Waals surface area contributed by atoms with Gasteiger partial charge in [-0.25, -0.2) is 4.68 Å². The number of nitrogens with zero attached hydrogens (tertiary/aromatic N) is 2. The van der Waals surface area contributed by atoms with Crippen LogP contribution < -0.4 is 16.8 Å². The summed E-state index contributed by atoms with van der Waals surface area (Å²) in [5.74, 6) is -1.29. The van der Waals surface area contributed by atoms with Gasteiger partial charge in [-0.1, -0.05) is 13.3 Å². The molecule has 0 aliphatic carbocycles. The van der Waals surface area contributed by atoms with Crippen LogP contribution in [0.2, 0.25) is 0 Å². The van der Waals surface area contributed by atoms with E-state index in [0.717, 1.165) is 0 Å². The first-order valence-corrected chi connectivity index (χ1v) is 8.65. The van der Waals surface area contributed by atoms with Gasteiger partial charge in [0.1, 0.15) is 0 Å². The van der Waals surface area contributed by atoms with E-state index in [1.54, 1.807) is 19.1 Å². The molecular weight excluding hydrogens is 356 g/mol. The van der Waals surface area contributed by atoms with E-state index in [1.807, 2.05) is 0 Å². The highest BCUT2D eigenvalue weighted by molar-refractivity contribution is 5.98. The lowest BCUT2D eigenvalue weighted by Crippen LogP contribution is -2.22. The normalized spacial score (nSPS) is 20.4. The SMILES string of the molecule is CC1CCCC(N)c2cc(C(N)=O)cc(c2)-c2c(cnn2C(F)F)NC1=O. The van der Waals surface area contributed by atoms with Gasteiger partial charge in [-0.05, 0) is 36.6 Å². The second kappa shape index (κ2) is 7.43. The average Bonchev–Trinajstić information content (AvgIpc) is 3.04. The Morgan fingerprint density at radius 3 is 2.74 bits per heavy atom. The second-order valence-corrected chi connectivity index (χ2v) is 6.76. The number of fused-ring (bicyclic) bond motifs is 4. The first-order valence-electron chi connectivity index (χ1n) is 8.65. The Balaban J connectivity index is 2.24. The minimum atomic E-state index is -2.93. The first-order chi connectivity index (χ1) is 12.8. The van der Waals surface area contributed by atoms with Gasteiger partial charge < -0.3 is 16.8 Å². The van der Waals surface area contributed by atoms with Crippen LogP contribution in [0.25, 0.3) is 11.3 Å². The summed E-state index contributed by atoms with van der Waals surface area (Å²) in [6.07, 6.45) is 3.06. The van der Waals surface area contributed by atoms with E-state index in [2.05, 4.69) is 10.4 Å². The molecule has 3 rings (SSSR count). The Morgan fingerprint density at radius 2 is 2.07 bits per heavy atom. The first kappa shape index (κ1) is 19.0. The van der Waals surface area contributed by atoms with E-state index in [0.29, 0.717) is 29.5 Å². The highest BCUT2D eigenvalue weighted by atomic mass is 19.3. The molecule has 0 saturated carbocycles. The largest absolute Gasteiger partial charge is 0.366 e. The molecule has 5 N–H and O–H groups in total. The number of primary amides is 1. The number of hydrogen-bond donors (Lipinski definition) is 3. The number of carbonyl (C=O) groups excluding carboxylic acids is 2. The van der Waals surface area contributed by atoms with Crippen molar-refractivity contribution in [1.82, 2.24) is 9.78 Å². The van der Waals surface area contributed by atoms with Crippen LogP contribution >= 0.6 is 0 Å². The Hall–Kier alpha value is -2.81. The topological polar surface area (TPSA) is 116 Å². The monoisotopic (exact) mass is 377 g/mol. The van der Waals surface area contributed by atoms with Crippen LogP contribution in [-0.4, -0.2) is 21.6 Å². The molecule has 2 atom stereocenters. The van der Waals surface area contributed by atoms with Crippen LogP contribution in [0.4, 0.5) is 14.5 Å². The van der Waals surface area contributed by atoms with Crippen LogP contribution in [0.5, 0.6) is 0 Å². The summed E-state index contributed by atoms with van der Waals surface area (Å²) in [5, 5.41) is 6.37. The van der Waals surface area contributed by atoms with Gasteiger partial charge in [0.2, 0.25) is 11.8 Å². The Morgan fingerprint density at radius 1 is 1.33 bits per heavy atom. The molecule has 1 aliphatic heterocycles. The fourth-order valence-electron chi connectivity index (χ4n) is 3.23. The van der Waals surface area contributed by atoms with Crippen molar-refractivity contribution >= 4 is 17.5 Å². The molecule has 2 unspecified atom stereocenters. The Bertz CT molecular complexity index is 881. The lowest BCUT2D eigenvalue weighted by molar-refractivity contribution is -0.119. The maximum Gasteiger partial charge on any atom is 0.333 e. The van der Waals surface area contributed by atoms with E-state index in [1.165, 1.54) is 12.3 Å². The van der Waals surface area contributed by atoms with Crippen molar-refractivity contribution in [3.05, 3.63) is 35.5 Å². The van der Waals surface area contributed by atoms with Crippen LogP contribution in [0.15, 0.2) is 24.4 Å². The zero-order valence-corrected chi connectivity index (χ0v) is 14.8. The third-order valence-electron chi connectivity index (χ3n) is 4.78. The summed E-state index contributed by atoms with van der Waals surface area (Å²) in [6.45, 7) is -1.15. The Labute approximate surface area is 154 Å². The molecule has 1 aromatic carbocycles. The molecule has 0 saturated heterocycles. The van der Waals surface area contributed by atoms with E-state index >= 15 is 0 Å². The zero-order chi connectivity index (χ0) is 19.7. The van der Waals surface area contributed by atoms with E-state index in [4.69, 9.17) is 11.5 Å². The van der Waals surface area contributed by atoms with Gasteiger partial charge in [0, 0.05) is 23.1 Å². The summed E-state index contributed by atoms with van der Waals surface area (Å²) < 4.78 is 27.5. The number of alkyl halides is 2. The number of nitrogens with two attached hydrogens (primary N) is 2. The van der Waals surface area contributed by atoms with Crippen molar-refractivity contribution in [3.63, 3.8) is 0 Å². The minimum absolute atomic E-state index is 0.00248.